The van der Waals surface area contributed by atoms with Crippen molar-refractivity contribution in [2.75, 3.05) is 7.11 Å². The number of aromatic nitrogens is 1. The lowest BCUT2D eigenvalue weighted by Gasteiger charge is -2.10. The number of benzene rings is 2. The number of ether oxygens (including phenoxy) is 2. The van der Waals surface area contributed by atoms with Crippen LogP contribution in [-0.4, -0.2) is 23.6 Å². The number of rotatable bonds is 5. The summed E-state index contributed by atoms with van der Waals surface area (Å²) in [5.41, 5.74) is 3.98. The lowest BCUT2D eigenvalue weighted by atomic mass is 10.1. The van der Waals surface area contributed by atoms with E-state index >= 15 is 0 Å². The SMILES string of the molecule is COC(=O)c1ccc(COC(=O)c2cc(C)n(-c3ccc(F)cc3)c2C)cc1. The fourth-order valence-electron chi connectivity index (χ4n) is 3.04. The second kappa shape index (κ2) is 8.08. The number of methoxy groups -OCH3 is 1. The van der Waals surface area contributed by atoms with E-state index < -0.39 is 11.9 Å². The van der Waals surface area contributed by atoms with Gasteiger partial charge in [0.2, 0.25) is 0 Å². The second-order valence-corrected chi connectivity index (χ2v) is 6.36. The van der Waals surface area contributed by atoms with E-state index in [4.69, 9.17) is 4.74 Å². The van der Waals surface area contributed by atoms with Crippen LogP contribution in [0.2, 0.25) is 0 Å². The lowest BCUT2D eigenvalue weighted by molar-refractivity contribution is 0.0470. The van der Waals surface area contributed by atoms with E-state index in [2.05, 4.69) is 4.74 Å². The molecule has 1 heterocycles. The molecular weight excluding hydrogens is 361 g/mol. The lowest BCUT2D eigenvalue weighted by Crippen LogP contribution is -2.08. The number of hydrogen-bond acceptors (Lipinski definition) is 4. The number of hydrogen-bond donors (Lipinski definition) is 0. The largest absolute Gasteiger partial charge is 0.465 e. The molecule has 0 saturated carbocycles. The number of halogens is 1. The minimum Gasteiger partial charge on any atom is -0.465 e. The molecule has 0 aliphatic heterocycles. The van der Waals surface area contributed by atoms with Gasteiger partial charge in [0, 0.05) is 17.1 Å². The number of carbonyl (C=O) groups is 2. The Hall–Kier alpha value is -3.41. The highest BCUT2D eigenvalue weighted by molar-refractivity contribution is 5.91. The molecule has 0 fully saturated rings. The topological polar surface area (TPSA) is 57.5 Å². The summed E-state index contributed by atoms with van der Waals surface area (Å²) < 4.78 is 25.1. The number of nitrogens with zero attached hydrogens (tertiary/aromatic N) is 1. The highest BCUT2D eigenvalue weighted by Gasteiger charge is 2.18. The quantitative estimate of drug-likeness (QED) is 0.616. The smallest absolute Gasteiger partial charge is 0.340 e. The van der Waals surface area contributed by atoms with Gasteiger partial charge in [0.15, 0.2) is 0 Å². The van der Waals surface area contributed by atoms with Gasteiger partial charge >= 0.3 is 11.9 Å². The average molecular weight is 381 g/mol. The molecule has 0 aliphatic rings. The van der Waals surface area contributed by atoms with Crippen LogP contribution in [0.4, 0.5) is 4.39 Å². The van der Waals surface area contributed by atoms with Crippen molar-refractivity contribution in [2.24, 2.45) is 0 Å². The Kier molecular flexibility index (Phi) is 5.59. The maximum Gasteiger partial charge on any atom is 0.340 e. The van der Waals surface area contributed by atoms with Crippen molar-refractivity contribution in [3.8, 4) is 5.69 Å². The monoisotopic (exact) mass is 381 g/mol. The van der Waals surface area contributed by atoms with Crippen LogP contribution < -0.4 is 0 Å². The van der Waals surface area contributed by atoms with E-state index in [-0.39, 0.29) is 12.4 Å². The minimum atomic E-state index is -0.446. The number of aryl methyl sites for hydroxylation is 1. The predicted octanol–water partition coefficient (Wildman–Crippen LogP) is 4.38. The van der Waals surface area contributed by atoms with Gasteiger partial charge in [-0.15, -0.1) is 0 Å². The molecule has 0 atom stereocenters. The van der Waals surface area contributed by atoms with Crippen molar-refractivity contribution < 1.29 is 23.5 Å². The normalized spacial score (nSPS) is 10.6. The Morgan fingerprint density at radius 3 is 2.21 bits per heavy atom. The molecular formula is C22H20FNO4. The molecule has 3 aromatic rings. The first-order valence-corrected chi connectivity index (χ1v) is 8.70. The van der Waals surface area contributed by atoms with Crippen LogP contribution >= 0.6 is 0 Å². The zero-order chi connectivity index (χ0) is 20.3. The van der Waals surface area contributed by atoms with Crippen molar-refractivity contribution in [3.05, 3.63) is 88.5 Å². The van der Waals surface area contributed by atoms with Crippen LogP contribution in [0.1, 0.15) is 37.7 Å². The first-order valence-electron chi connectivity index (χ1n) is 8.70. The van der Waals surface area contributed by atoms with Gasteiger partial charge in [0.25, 0.3) is 0 Å². The van der Waals surface area contributed by atoms with Gasteiger partial charge in [-0.2, -0.15) is 0 Å². The summed E-state index contributed by atoms with van der Waals surface area (Å²) in [6.45, 7) is 3.78. The van der Waals surface area contributed by atoms with Crippen molar-refractivity contribution in [1.29, 1.82) is 0 Å². The third kappa shape index (κ3) is 3.96. The van der Waals surface area contributed by atoms with Gasteiger partial charge in [0.05, 0.1) is 18.2 Å². The maximum absolute atomic E-state index is 13.2. The Bertz CT molecular complexity index is 1000. The number of esters is 2. The summed E-state index contributed by atoms with van der Waals surface area (Å²) >= 11 is 0. The molecule has 0 spiro atoms. The molecule has 5 nitrogen and oxygen atoms in total. The molecule has 3 rings (SSSR count). The molecule has 0 unspecified atom stereocenters. The molecule has 0 bridgehead atoms. The predicted molar refractivity (Wildman–Crippen MR) is 102 cm³/mol. The molecule has 2 aromatic carbocycles. The zero-order valence-electron chi connectivity index (χ0n) is 15.9. The molecule has 144 valence electrons. The summed E-state index contributed by atoms with van der Waals surface area (Å²) in [5, 5.41) is 0. The molecule has 0 saturated heterocycles. The van der Waals surface area contributed by atoms with E-state index in [1.54, 1.807) is 42.5 Å². The average Bonchev–Trinajstić information content (AvgIpc) is 3.01. The Labute approximate surface area is 162 Å². The van der Waals surface area contributed by atoms with E-state index in [0.29, 0.717) is 11.1 Å². The molecule has 0 N–H and O–H groups in total. The van der Waals surface area contributed by atoms with Crippen molar-refractivity contribution in [2.45, 2.75) is 20.5 Å². The fourth-order valence-corrected chi connectivity index (χ4v) is 3.04. The van der Waals surface area contributed by atoms with E-state index in [1.807, 2.05) is 18.4 Å². The van der Waals surface area contributed by atoms with E-state index in [1.165, 1.54) is 19.2 Å². The first-order chi connectivity index (χ1) is 13.4. The van der Waals surface area contributed by atoms with Crippen LogP contribution in [0, 0.1) is 19.7 Å². The van der Waals surface area contributed by atoms with Crippen LogP contribution in [0.15, 0.2) is 54.6 Å². The van der Waals surface area contributed by atoms with E-state index in [0.717, 1.165) is 22.6 Å². The zero-order valence-corrected chi connectivity index (χ0v) is 15.9. The van der Waals surface area contributed by atoms with Crippen molar-refractivity contribution >= 4 is 11.9 Å². The highest BCUT2D eigenvalue weighted by Crippen LogP contribution is 2.22. The van der Waals surface area contributed by atoms with Gasteiger partial charge < -0.3 is 14.0 Å². The van der Waals surface area contributed by atoms with Crippen molar-refractivity contribution in [3.63, 3.8) is 0 Å². The Morgan fingerprint density at radius 2 is 1.61 bits per heavy atom. The summed E-state index contributed by atoms with van der Waals surface area (Å²) in [6, 6.07) is 14.5. The Balaban J connectivity index is 1.74. The van der Waals surface area contributed by atoms with E-state index in [9.17, 15) is 14.0 Å². The third-order valence-electron chi connectivity index (χ3n) is 4.48. The molecule has 0 aliphatic carbocycles. The Morgan fingerprint density at radius 1 is 0.964 bits per heavy atom. The fraction of sp³-hybridized carbons (Fsp3) is 0.182. The van der Waals surface area contributed by atoms with Gasteiger partial charge in [0.1, 0.15) is 12.4 Å². The van der Waals surface area contributed by atoms with Crippen LogP contribution in [0.3, 0.4) is 0 Å². The first kappa shape index (κ1) is 19.4. The summed E-state index contributed by atoms with van der Waals surface area (Å²) in [7, 11) is 1.32. The van der Waals surface area contributed by atoms with Gasteiger partial charge in [-0.25, -0.2) is 14.0 Å². The molecule has 28 heavy (non-hydrogen) atoms. The van der Waals surface area contributed by atoms with Crippen molar-refractivity contribution in [1.82, 2.24) is 4.57 Å². The van der Waals surface area contributed by atoms with Gasteiger partial charge in [-0.1, -0.05) is 12.1 Å². The van der Waals surface area contributed by atoms with Gasteiger partial charge in [-0.3, -0.25) is 0 Å². The maximum atomic E-state index is 13.2. The third-order valence-corrected chi connectivity index (χ3v) is 4.48. The second-order valence-electron chi connectivity index (χ2n) is 6.36. The standard InChI is InChI=1S/C22H20FNO4/c1-14-12-20(15(2)24(14)19-10-8-18(23)9-11-19)22(26)28-13-16-4-6-17(7-5-16)21(25)27-3/h4-12H,13H2,1-3H3. The summed E-state index contributed by atoms with van der Waals surface area (Å²) in [5.74, 6) is -1.18. The van der Waals surface area contributed by atoms with Crippen LogP contribution in [0.25, 0.3) is 5.69 Å². The molecule has 1 aromatic heterocycles. The highest BCUT2D eigenvalue weighted by atomic mass is 19.1. The molecule has 0 amide bonds. The van der Waals surface area contributed by atoms with Crippen LogP contribution in [-0.2, 0) is 16.1 Å². The summed E-state index contributed by atoms with van der Waals surface area (Å²) in [6.07, 6.45) is 0. The van der Waals surface area contributed by atoms with Crippen LogP contribution in [0.5, 0.6) is 0 Å². The molecule has 6 heteroatoms. The molecule has 0 radical (unpaired) electrons. The number of carbonyl (C=O) groups excluding carboxylic acids is 2. The van der Waals surface area contributed by atoms with Gasteiger partial charge in [-0.05, 0) is 61.9 Å². The summed E-state index contributed by atoms with van der Waals surface area (Å²) in [4.78, 5) is 24.0. The minimum absolute atomic E-state index is 0.0838.